The molecule has 5 nitrogen and oxygen atoms in total. The quantitative estimate of drug-likeness (QED) is 0.884. The van der Waals surface area contributed by atoms with Crippen molar-refractivity contribution in [3.63, 3.8) is 0 Å². The fraction of sp³-hybridized carbons (Fsp3) is 0.632. The van der Waals surface area contributed by atoms with E-state index in [-0.39, 0.29) is 18.3 Å². The van der Waals surface area contributed by atoms with Crippen LogP contribution in [-0.4, -0.2) is 59.7 Å². The topological polar surface area (TPSA) is 53.0 Å². The lowest BCUT2D eigenvalue weighted by Crippen LogP contribution is -2.58. The number of β-amino-alcohol motifs (C(OH)–C–C–N with tert-alkyl or cyclic N) is 1. The van der Waals surface area contributed by atoms with E-state index in [9.17, 15) is 14.3 Å². The van der Waals surface area contributed by atoms with Crippen LogP contribution in [-0.2, 0) is 11.3 Å². The van der Waals surface area contributed by atoms with Gasteiger partial charge < -0.3 is 14.7 Å². The Bertz CT molecular complexity index is 619. The number of halogens is 1. The minimum atomic E-state index is -1.36. The number of benzene rings is 1. The minimum absolute atomic E-state index is 0.157. The van der Waals surface area contributed by atoms with Gasteiger partial charge in [-0.15, -0.1) is 0 Å². The summed E-state index contributed by atoms with van der Waals surface area (Å²) in [6.07, 6.45) is 4.64. The second-order valence-electron chi connectivity index (χ2n) is 7.16. The molecular weight excluding hydrogens is 323 g/mol. The van der Waals surface area contributed by atoms with Crippen LogP contribution < -0.4 is 4.74 Å². The lowest BCUT2D eigenvalue weighted by molar-refractivity contribution is -0.160. The van der Waals surface area contributed by atoms with Crippen molar-refractivity contribution in [3.8, 4) is 5.75 Å². The molecule has 2 aliphatic rings. The number of hydrogen-bond donors (Lipinski definition) is 1. The number of likely N-dealkylation sites (tertiary alicyclic amines) is 2. The first-order valence-electron chi connectivity index (χ1n) is 9.08. The Balaban J connectivity index is 1.71. The van der Waals surface area contributed by atoms with E-state index in [1.807, 2.05) is 0 Å². The molecule has 1 amide bonds. The van der Waals surface area contributed by atoms with E-state index in [0.29, 0.717) is 30.8 Å². The summed E-state index contributed by atoms with van der Waals surface area (Å²) >= 11 is 0. The lowest BCUT2D eigenvalue weighted by atomic mass is 9.90. The number of hydrogen-bond acceptors (Lipinski definition) is 4. The molecule has 1 atom stereocenters. The van der Waals surface area contributed by atoms with Crippen molar-refractivity contribution in [2.24, 2.45) is 0 Å². The zero-order valence-corrected chi connectivity index (χ0v) is 14.8. The van der Waals surface area contributed by atoms with E-state index in [2.05, 4.69) is 4.90 Å². The summed E-state index contributed by atoms with van der Waals surface area (Å²) in [6.45, 7) is 2.94. The van der Waals surface area contributed by atoms with Crippen molar-refractivity contribution in [3.05, 3.63) is 29.6 Å². The molecule has 25 heavy (non-hydrogen) atoms. The zero-order valence-electron chi connectivity index (χ0n) is 14.8. The number of rotatable bonds is 5. The predicted molar refractivity (Wildman–Crippen MR) is 92.8 cm³/mol. The van der Waals surface area contributed by atoms with Crippen LogP contribution in [0.15, 0.2) is 18.2 Å². The maximum absolute atomic E-state index is 14.1. The molecule has 0 unspecified atom stereocenters. The fourth-order valence-corrected chi connectivity index (χ4v) is 3.86. The lowest BCUT2D eigenvalue weighted by Gasteiger charge is -2.41. The van der Waals surface area contributed by atoms with Gasteiger partial charge in [-0.1, -0.05) is 6.42 Å². The van der Waals surface area contributed by atoms with Crippen molar-refractivity contribution in [2.75, 3.05) is 33.3 Å². The van der Waals surface area contributed by atoms with Gasteiger partial charge in [0.2, 0.25) is 0 Å². The van der Waals surface area contributed by atoms with Crippen molar-refractivity contribution < 1.29 is 19.0 Å². The maximum Gasteiger partial charge on any atom is 0.256 e. The van der Waals surface area contributed by atoms with Crippen LogP contribution in [0.5, 0.6) is 5.75 Å². The number of amides is 1. The van der Waals surface area contributed by atoms with E-state index in [1.54, 1.807) is 17.0 Å². The van der Waals surface area contributed by atoms with Crippen molar-refractivity contribution in [1.82, 2.24) is 9.80 Å². The van der Waals surface area contributed by atoms with Gasteiger partial charge in [0, 0.05) is 25.2 Å². The van der Waals surface area contributed by atoms with E-state index in [1.165, 1.54) is 19.6 Å². The van der Waals surface area contributed by atoms with Crippen LogP contribution in [0.25, 0.3) is 0 Å². The normalized spacial score (nSPS) is 25.2. The second kappa shape index (κ2) is 7.70. The summed E-state index contributed by atoms with van der Waals surface area (Å²) in [5.74, 6) is -0.0882. The van der Waals surface area contributed by atoms with Crippen LogP contribution >= 0.6 is 0 Å². The molecule has 0 radical (unpaired) electrons. The Morgan fingerprint density at radius 2 is 1.96 bits per heavy atom. The highest BCUT2D eigenvalue weighted by Crippen LogP contribution is 2.27. The van der Waals surface area contributed by atoms with Gasteiger partial charge in [0.15, 0.2) is 5.60 Å². The summed E-state index contributed by atoms with van der Waals surface area (Å²) in [5.41, 5.74) is -0.944. The number of aliphatic hydroxyl groups is 1. The molecule has 3 rings (SSSR count). The SMILES string of the molecule is COc1ccc(F)c(CN2CCC[C@](O)(CN3CCCCC3)C2=O)c1. The Labute approximate surface area is 148 Å². The molecule has 1 aromatic carbocycles. The van der Waals surface area contributed by atoms with Gasteiger partial charge in [-0.2, -0.15) is 0 Å². The highest BCUT2D eigenvalue weighted by molar-refractivity contribution is 5.86. The fourth-order valence-electron chi connectivity index (χ4n) is 3.86. The summed E-state index contributed by atoms with van der Waals surface area (Å²) in [5, 5.41) is 11.0. The molecule has 1 N–H and O–H groups in total. The minimum Gasteiger partial charge on any atom is -0.497 e. The largest absolute Gasteiger partial charge is 0.497 e. The Morgan fingerprint density at radius 3 is 2.68 bits per heavy atom. The van der Waals surface area contributed by atoms with E-state index < -0.39 is 5.60 Å². The van der Waals surface area contributed by atoms with Crippen molar-refractivity contribution in [1.29, 1.82) is 0 Å². The zero-order chi connectivity index (χ0) is 17.9. The molecule has 138 valence electrons. The molecule has 2 heterocycles. The monoisotopic (exact) mass is 350 g/mol. The molecule has 2 fully saturated rings. The summed E-state index contributed by atoms with van der Waals surface area (Å²) in [6, 6.07) is 4.52. The third-order valence-electron chi connectivity index (χ3n) is 5.25. The summed E-state index contributed by atoms with van der Waals surface area (Å²) in [4.78, 5) is 16.6. The van der Waals surface area contributed by atoms with Crippen LogP contribution in [0.1, 0.15) is 37.7 Å². The third-order valence-corrected chi connectivity index (χ3v) is 5.25. The van der Waals surface area contributed by atoms with E-state index in [0.717, 1.165) is 32.4 Å². The van der Waals surface area contributed by atoms with Gasteiger partial charge in [0.05, 0.1) is 7.11 Å². The highest BCUT2D eigenvalue weighted by Gasteiger charge is 2.43. The molecular formula is C19H27FN2O3. The number of carbonyl (C=O) groups excluding carboxylic acids is 1. The summed E-state index contributed by atoms with van der Waals surface area (Å²) in [7, 11) is 1.53. The first kappa shape index (κ1) is 18.1. The van der Waals surface area contributed by atoms with Crippen LogP contribution in [0.3, 0.4) is 0 Å². The number of nitrogens with zero attached hydrogens (tertiary/aromatic N) is 2. The smallest absolute Gasteiger partial charge is 0.256 e. The number of carbonyl (C=O) groups is 1. The Hall–Kier alpha value is -1.66. The van der Waals surface area contributed by atoms with E-state index in [4.69, 9.17) is 4.74 Å². The van der Waals surface area contributed by atoms with Crippen molar-refractivity contribution >= 4 is 5.91 Å². The van der Waals surface area contributed by atoms with Gasteiger partial charge in [0.25, 0.3) is 5.91 Å². The number of methoxy groups -OCH3 is 1. The molecule has 0 aliphatic carbocycles. The van der Waals surface area contributed by atoms with Gasteiger partial charge in [-0.25, -0.2) is 4.39 Å². The van der Waals surface area contributed by atoms with Gasteiger partial charge in [-0.3, -0.25) is 9.69 Å². The second-order valence-corrected chi connectivity index (χ2v) is 7.16. The molecule has 0 bridgehead atoms. The third kappa shape index (κ3) is 4.12. The first-order chi connectivity index (χ1) is 12.0. The van der Waals surface area contributed by atoms with Gasteiger partial charge in [0.1, 0.15) is 11.6 Å². The maximum atomic E-state index is 14.1. The average molecular weight is 350 g/mol. The average Bonchev–Trinajstić information content (AvgIpc) is 2.62. The van der Waals surface area contributed by atoms with Gasteiger partial charge >= 0.3 is 0 Å². The Morgan fingerprint density at radius 1 is 1.20 bits per heavy atom. The summed E-state index contributed by atoms with van der Waals surface area (Å²) < 4.78 is 19.2. The number of piperidine rings is 2. The van der Waals surface area contributed by atoms with Crippen LogP contribution in [0.2, 0.25) is 0 Å². The first-order valence-corrected chi connectivity index (χ1v) is 9.08. The number of ether oxygens (including phenoxy) is 1. The van der Waals surface area contributed by atoms with Crippen LogP contribution in [0.4, 0.5) is 4.39 Å². The molecule has 0 spiro atoms. The standard InChI is InChI=1S/C19H27FN2O3/c1-25-16-6-7-17(20)15(12-16)13-22-11-5-8-19(24,18(22)23)14-21-9-3-2-4-10-21/h6-7,12,24H,2-5,8-11,13-14H2,1H3/t19-/m0/s1. The molecule has 2 saturated heterocycles. The van der Waals surface area contributed by atoms with Crippen LogP contribution in [0, 0.1) is 5.82 Å². The Kier molecular flexibility index (Phi) is 5.59. The van der Waals surface area contributed by atoms with Crippen molar-refractivity contribution in [2.45, 2.75) is 44.2 Å². The predicted octanol–water partition coefficient (Wildman–Crippen LogP) is 2.17. The molecule has 6 heteroatoms. The molecule has 0 saturated carbocycles. The van der Waals surface area contributed by atoms with E-state index >= 15 is 0 Å². The molecule has 1 aromatic rings. The molecule has 2 aliphatic heterocycles. The van der Waals surface area contributed by atoms with Gasteiger partial charge in [-0.05, 0) is 57.0 Å². The molecule has 0 aromatic heterocycles. The highest BCUT2D eigenvalue weighted by atomic mass is 19.1.